The highest BCUT2D eigenvalue weighted by atomic mass is 16.6. The van der Waals surface area contributed by atoms with Gasteiger partial charge in [-0.25, -0.2) is 0 Å². The smallest absolute Gasteiger partial charge is 0.306 e. The lowest BCUT2D eigenvalue weighted by atomic mass is 10.1. The lowest BCUT2D eigenvalue weighted by Gasteiger charge is -2.18. The van der Waals surface area contributed by atoms with Crippen LogP contribution in [0.5, 0.6) is 0 Å². The van der Waals surface area contributed by atoms with Gasteiger partial charge in [0.2, 0.25) is 0 Å². The van der Waals surface area contributed by atoms with E-state index in [2.05, 4.69) is 130 Å². The second kappa shape index (κ2) is 52.7. The number of ether oxygens (including phenoxy) is 3. The SMILES string of the molecule is CC/C=C\C/C=C\C/C=C\C/C=C\CCCCCCCCC(=O)OCC(COC(=O)CCCCC/C=C\C/C=C\C/C=C\CC)OC(=O)CCCCCCC/C=C\C/C=C\CCCCC. The molecule has 6 heteroatoms. The quantitative estimate of drug-likeness (QED) is 0.0262. The first kappa shape index (κ1) is 61.1. The Kier molecular flexibility index (Phi) is 49.5. The van der Waals surface area contributed by atoms with Crippen molar-refractivity contribution in [1.82, 2.24) is 0 Å². The molecule has 0 radical (unpaired) electrons. The first-order valence-electron chi connectivity index (χ1n) is 26.4. The van der Waals surface area contributed by atoms with Gasteiger partial charge >= 0.3 is 17.9 Å². The molecule has 0 fully saturated rings. The van der Waals surface area contributed by atoms with Crippen LogP contribution in [-0.2, 0) is 28.6 Å². The second-order valence-electron chi connectivity index (χ2n) is 17.0. The molecule has 368 valence electrons. The number of carbonyl (C=O) groups is 3. The van der Waals surface area contributed by atoms with Gasteiger partial charge in [-0.3, -0.25) is 14.4 Å². The van der Waals surface area contributed by atoms with Crippen molar-refractivity contribution in [3.8, 4) is 0 Å². The van der Waals surface area contributed by atoms with Crippen LogP contribution in [0.1, 0.15) is 226 Å². The van der Waals surface area contributed by atoms with Crippen LogP contribution in [0, 0.1) is 0 Å². The Balaban J connectivity index is 4.47. The van der Waals surface area contributed by atoms with Gasteiger partial charge in [0.15, 0.2) is 6.10 Å². The number of unbranched alkanes of at least 4 members (excludes halogenated alkanes) is 17. The van der Waals surface area contributed by atoms with Crippen molar-refractivity contribution < 1.29 is 28.6 Å². The van der Waals surface area contributed by atoms with Crippen molar-refractivity contribution in [3.05, 3.63) is 109 Å². The van der Waals surface area contributed by atoms with Crippen molar-refractivity contribution in [2.75, 3.05) is 13.2 Å². The fraction of sp³-hybridized carbons (Fsp3) is 0.644. The van der Waals surface area contributed by atoms with Gasteiger partial charge in [-0.1, -0.05) is 194 Å². The zero-order chi connectivity index (χ0) is 47.2. The van der Waals surface area contributed by atoms with Gasteiger partial charge in [-0.2, -0.15) is 0 Å². The van der Waals surface area contributed by atoms with E-state index in [1.807, 2.05) is 0 Å². The van der Waals surface area contributed by atoms with Crippen LogP contribution in [0.2, 0.25) is 0 Å². The fourth-order valence-electron chi connectivity index (χ4n) is 6.83. The maximum Gasteiger partial charge on any atom is 0.306 e. The Morgan fingerprint density at radius 3 is 0.954 bits per heavy atom. The number of rotatable bonds is 46. The van der Waals surface area contributed by atoms with E-state index in [-0.39, 0.29) is 31.1 Å². The molecule has 0 aliphatic heterocycles. The van der Waals surface area contributed by atoms with Crippen molar-refractivity contribution in [1.29, 1.82) is 0 Å². The summed E-state index contributed by atoms with van der Waals surface area (Å²) in [5.74, 6) is -0.964. The highest BCUT2D eigenvalue weighted by Crippen LogP contribution is 2.13. The third kappa shape index (κ3) is 50.9. The van der Waals surface area contributed by atoms with E-state index in [0.717, 1.165) is 148 Å². The summed E-state index contributed by atoms with van der Waals surface area (Å²) in [5.41, 5.74) is 0. The van der Waals surface area contributed by atoms with Crippen LogP contribution >= 0.6 is 0 Å². The van der Waals surface area contributed by atoms with E-state index < -0.39 is 6.10 Å². The predicted octanol–water partition coefficient (Wildman–Crippen LogP) is 17.5. The molecular weight excluding hydrogens is 805 g/mol. The Labute approximate surface area is 400 Å². The third-order valence-corrected chi connectivity index (χ3v) is 10.7. The summed E-state index contributed by atoms with van der Waals surface area (Å²) >= 11 is 0. The number of esters is 3. The topological polar surface area (TPSA) is 78.9 Å². The summed E-state index contributed by atoms with van der Waals surface area (Å²) in [6.07, 6.45) is 70.7. The van der Waals surface area contributed by atoms with Gasteiger partial charge in [-0.15, -0.1) is 0 Å². The standard InChI is InChI=1S/C59H96O6/c1-4-7-10-13-16-19-22-25-27-28-29-30-32-34-37-40-43-46-49-52-58(61)64-55-56(54-63-57(60)51-48-45-42-39-36-33-24-21-18-15-12-9-6-3)65-59(62)53-50-47-44-41-38-35-31-26-23-20-17-14-11-8-5-2/h7,9-10,12,16-21,25-27,29-31,33,36,56H,4-6,8,11,13-15,22-24,28,32,34-35,37-55H2,1-3H3/b10-7-,12-9-,19-16-,20-17-,21-18-,27-25-,30-29-,31-26-,36-33-. The van der Waals surface area contributed by atoms with Crippen molar-refractivity contribution in [2.24, 2.45) is 0 Å². The minimum Gasteiger partial charge on any atom is -0.462 e. The average molecular weight is 901 g/mol. The summed E-state index contributed by atoms with van der Waals surface area (Å²) in [5, 5.41) is 0. The van der Waals surface area contributed by atoms with Crippen molar-refractivity contribution in [2.45, 2.75) is 232 Å². The molecule has 0 bridgehead atoms. The minimum atomic E-state index is -0.805. The van der Waals surface area contributed by atoms with E-state index in [4.69, 9.17) is 14.2 Å². The van der Waals surface area contributed by atoms with Gasteiger partial charge in [0.05, 0.1) is 0 Å². The van der Waals surface area contributed by atoms with Crippen molar-refractivity contribution >= 4 is 17.9 Å². The molecule has 0 amide bonds. The van der Waals surface area contributed by atoms with Crippen LogP contribution in [0.25, 0.3) is 0 Å². The molecule has 0 saturated heterocycles. The maximum atomic E-state index is 12.8. The molecule has 0 spiro atoms. The fourth-order valence-corrected chi connectivity index (χ4v) is 6.83. The van der Waals surface area contributed by atoms with Crippen LogP contribution in [0.15, 0.2) is 109 Å². The molecule has 0 rings (SSSR count). The predicted molar refractivity (Wildman–Crippen MR) is 279 cm³/mol. The number of hydrogen-bond acceptors (Lipinski definition) is 6. The van der Waals surface area contributed by atoms with Gasteiger partial charge in [0.25, 0.3) is 0 Å². The lowest BCUT2D eigenvalue weighted by Crippen LogP contribution is -2.30. The molecule has 65 heavy (non-hydrogen) atoms. The summed E-state index contributed by atoms with van der Waals surface area (Å²) in [6, 6.07) is 0. The van der Waals surface area contributed by atoms with E-state index in [9.17, 15) is 14.4 Å². The monoisotopic (exact) mass is 901 g/mol. The second-order valence-corrected chi connectivity index (χ2v) is 17.0. The summed E-state index contributed by atoms with van der Waals surface area (Å²) in [7, 11) is 0. The summed E-state index contributed by atoms with van der Waals surface area (Å²) in [6.45, 7) is 6.32. The lowest BCUT2D eigenvalue weighted by molar-refractivity contribution is -0.167. The molecular formula is C59H96O6. The molecule has 0 saturated carbocycles. The first-order valence-corrected chi connectivity index (χ1v) is 26.4. The normalized spacial score (nSPS) is 13.0. The molecule has 0 aromatic heterocycles. The number of carbonyl (C=O) groups excluding carboxylic acids is 3. The van der Waals surface area contributed by atoms with E-state index >= 15 is 0 Å². The zero-order valence-corrected chi connectivity index (χ0v) is 42.0. The molecule has 0 aromatic carbocycles. The highest BCUT2D eigenvalue weighted by Gasteiger charge is 2.19. The Morgan fingerprint density at radius 2 is 0.600 bits per heavy atom. The first-order chi connectivity index (χ1) is 32.0. The largest absolute Gasteiger partial charge is 0.462 e. The molecule has 0 aliphatic rings. The van der Waals surface area contributed by atoms with Gasteiger partial charge in [0.1, 0.15) is 13.2 Å². The molecule has 1 atom stereocenters. The molecule has 0 N–H and O–H groups in total. The molecule has 0 aliphatic carbocycles. The van der Waals surface area contributed by atoms with E-state index in [0.29, 0.717) is 19.3 Å². The summed E-state index contributed by atoms with van der Waals surface area (Å²) < 4.78 is 16.8. The highest BCUT2D eigenvalue weighted by molar-refractivity contribution is 5.71. The van der Waals surface area contributed by atoms with E-state index in [1.54, 1.807) is 0 Å². The van der Waals surface area contributed by atoms with Crippen molar-refractivity contribution in [3.63, 3.8) is 0 Å². The molecule has 1 unspecified atom stereocenters. The molecule has 0 heterocycles. The zero-order valence-electron chi connectivity index (χ0n) is 42.0. The minimum absolute atomic E-state index is 0.103. The van der Waals surface area contributed by atoms with Gasteiger partial charge in [0, 0.05) is 19.3 Å². The average Bonchev–Trinajstić information content (AvgIpc) is 3.30. The Bertz CT molecular complexity index is 1360. The Hall–Kier alpha value is -3.93. The Morgan fingerprint density at radius 1 is 0.323 bits per heavy atom. The van der Waals surface area contributed by atoms with Crippen LogP contribution in [-0.4, -0.2) is 37.2 Å². The van der Waals surface area contributed by atoms with Crippen LogP contribution in [0.4, 0.5) is 0 Å². The van der Waals surface area contributed by atoms with E-state index in [1.165, 1.54) is 38.5 Å². The van der Waals surface area contributed by atoms with Crippen LogP contribution in [0.3, 0.4) is 0 Å². The maximum absolute atomic E-state index is 12.8. The number of hydrogen-bond donors (Lipinski definition) is 0. The number of allylic oxidation sites excluding steroid dienone is 18. The third-order valence-electron chi connectivity index (χ3n) is 10.7. The summed E-state index contributed by atoms with van der Waals surface area (Å²) in [4.78, 5) is 38.0. The van der Waals surface area contributed by atoms with Gasteiger partial charge in [-0.05, 0) is 122 Å². The molecule has 6 nitrogen and oxygen atoms in total. The van der Waals surface area contributed by atoms with Crippen LogP contribution < -0.4 is 0 Å². The van der Waals surface area contributed by atoms with Gasteiger partial charge < -0.3 is 14.2 Å². The molecule has 0 aromatic rings.